The van der Waals surface area contributed by atoms with E-state index in [-0.39, 0.29) is 17.7 Å². The summed E-state index contributed by atoms with van der Waals surface area (Å²) < 4.78 is 0. The predicted molar refractivity (Wildman–Crippen MR) is 101 cm³/mol. The standard InChI is InChI=1S/C20H23N3O3/c1-13-4-5-17(12-14(13)2)20(26)23-18-8-6-16(7-9-18)19(25)22-11-10-21-15(3)24/h4-9,12H,10-11H2,1-3H3,(H,21,24)(H,22,25)(H,23,26). The topological polar surface area (TPSA) is 87.3 Å². The van der Waals surface area contributed by atoms with Crippen molar-refractivity contribution in [3.63, 3.8) is 0 Å². The average Bonchev–Trinajstić information content (AvgIpc) is 2.61. The van der Waals surface area contributed by atoms with Gasteiger partial charge in [0, 0.05) is 36.8 Å². The average molecular weight is 353 g/mol. The molecule has 2 aromatic rings. The molecule has 2 rings (SSSR count). The van der Waals surface area contributed by atoms with Crippen molar-refractivity contribution in [1.82, 2.24) is 10.6 Å². The largest absolute Gasteiger partial charge is 0.355 e. The molecule has 3 amide bonds. The molecule has 3 N–H and O–H groups in total. The highest BCUT2D eigenvalue weighted by Gasteiger charge is 2.09. The van der Waals surface area contributed by atoms with Gasteiger partial charge in [-0.05, 0) is 61.4 Å². The van der Waals surface area contributed by atoms with Gasteiger partial charge in [0.2, 0.25) is 5.91 Å². The molecule has 0 aliphatic carbocycles. The lowest BCUT2D eigenvalue weighted by Gasteiger charge is -2.09. The maximum Gasteiger partial charge on any atom is 0.255 e. The Hall–Kier alpha value is -3.15. The fourth-order valence-electron chi connectivity index (χ4n) is 2.31. The zero-order valence-electron chi connectivity index (χ0n) is 15.2. The van der Waals surface area contributed by atoms with E-state index in [1.165, 1.54) is 6.92 Å². The summed E-state index contributed by atoms with van der Waals surface area (Å²) in [6.45, 7) is 6.12. The lowest BCUT2D eigenvalue weighted by molar-refractivity contribution is -0.118. The summed E-state index contributed by atoms with van der Waals surface area (Å²) >= 11 is 0. The molecule has 0 fully saturated rings. The summed E-state index contributed by atoms with van der Waals surface area (Å²) in [5.74, 6) is -0.564. The third-order valence-corrected chi connectivity index (χ3v) is 3.96. The molecule has 136 valence electrons. The van der Waals surface area contributed by atoms with Crippen LogP contribution in [0.4, 0.5) is 5.69 Å². The number of carbonyl (C=O) groups excluding carboxylic acids is 3. The maximum absolute atomic E-state index is 12.3. The molecule has 0 unspecified atom stereocenters. The fourth-order valence-corrected chi connectivity index (χ4v) is 2.31. The van der Waals surface area contributed by atoms with Gasteiger partial charge in [0.1, 0.15) is 0 Å². The number of hydrogen-bond donors (Lipinski definition) is 3. The SMILES string of the molecule is CC(=O)NCCNC(=O)c1ccc(NC(=O)c2ccc(C)c(C)c2)cc1. The Labute approximate surface area is 153 Å². The van der Waals surface area contributed by atoms with E-state index in [1.54, 1.807) is 30.3 Å². The molecule has 0 aromatic heterocycles. The summed E-state index contributed by atoms with van der Waals surface area (Å²) in [5.41, 5.74) is 3.88. The van der Waals surface area contributed by atoms with Crippen molar-refractivity contribution < 1.29 is 14.4 Å². The smallest absolute Gasteiger partial charge is 0.255 e. The number of anilines is 1. The van der Waals surface area contributed by atoms with E-state index in [1.807, 2.05) is 26.0 Å². The molecule has 0 heterocycles. The molecule has 0 saturated carbocycles. The molecular weight excluding hydrogens is 330 g/mol. The van der Waals surface area contributed by atoms with Gasteiger partial charge in [0.05, 0.1) is 0 Å². The first-order valence-electron chi connectivity index (χ1n) is 8.38. The van der Waals surface area contributed by atoms with Gasteiger partial charge >= 0.3 is 0 Å². The first-order valence-corrected chi connectivity index (χ1v) is 8.38. The van der Waals surface area contributed by atoms with Crippen molar-refractivity contribution in [3.8, 4) is 0 Å². The van der Waals surface area contributed by atoms with Crippen LogP contribution in [-0.4, -0.2) is 30.8 Å². The van der Waals surface area contributed by atoms with Gasteiger partial charge in [-0.3, -0.25) is 14.4 Å². The molecule has 0 atom stereocenters. The van der Waals surface area contributed by atoms with E-state index in [4.69, 9.17) is 0 Å². The van der Waals surface area contributed by atoms with Crippen LogP contribution in [0.15, 0.2) is 42.5 Å². The monoisotopic (exact) mass is 353 g/mol. The van der Waals surface area contributed by atoms with Crippen molar-refractivity contribution in [2.24, 2.45) is 0 Å². The lowest BCUT2D eigenvalue weighted by Crippen LogP contribution is -2.33. The van der Waals surface area contributed by atoms with Crippen molar-refractivity contribution >= 4 is 23.4 Å². The number of hydrogen-bond acceptors (Lipinski definition) is 3. The zero-order chi connectivity index (χ0) is 19.1. The van der Waals surface area contributed by atoms with Crippen molar-refractivity contribution in [1.29, 1.82) is 0 Å². The lowest BCUT2D eigenvalue weighted by atomic mass is 10.1. The third kappa shape index (κ3) is 5.44. The first kappa shape index (κ1) is 19.2. The van der Waals surface area contributed by atoms with Crippen LogP contribution < -0.4 is 16.0 Å². The number of amides is 3. The van der Waals surface area contributed by atoms with E-state index in [0.717, 1.165) is 11.1 Å². The second kappa shape index (κ2) is 8.80. The minimum atomic E-state index is -0.234. The van der Waals surface area contributed by atoms with E-state index >= 15 is 0 Å². The summed E-state index contributed by atoms with van der Waals surface area (Å²) in [4.78, 5) is 35.1. The van der Waals surface area contributed by atoms with Crippen LogP contribution in [0.5, 0.6) is 0 Å². The van der Waals surface area contributed by atoms with Crippen molar-refractivity contribution in [2.75, 3.05) is 18.4 Å². The number of aryl methyl sites for hydroxylation is 2. The van der Waals surface area contributed by atoms with Gasteiger partial charge in [-0.15, -0.1) is 0 Å². The minimum Gasteiger partial charge on any atom is -0.355 e. The van der Waals surface area contributed by atoms with Gasteiger partial charge in [0.15, 0.2) is 0 Å². The molecule has 2 aromatic carbocycles. The quantitative estimate of drug-likeness (QED) is 0.697. The summed E-state index contributed by atoms with van der Waals surface area (Å²) in [6.07, 6.45) is 0. The second-order valence-corrected chi connectivity index (χ2v) is 6.07. The van der Waals surface area contributed by atoms with Crippen LogP contribution in [-0.2, 0) is 4.79 Å². The molecule has 0 saturated heterocycles. The second-order valence-electron chi connectivity index (χ2n) is 6.07. The van der Waals surface area contributed by atoms with E-state index in [2.05, 4.69) is 16.0 Å². The van der Waals surface area contributed by atoms with Crippen LogP contribution >= 0.6 is 0 Å². The van der Waals surface area contributed by atoms with Crippen LogP contribution in [0, 0.1) is 13.8 Å². The van der Waals surface area contributed by atoms with Crippen LogP contribution in [0.25, 0.3) is 0 Å². The molecule has 6 heteroatoms. The van der Waals surface area contributed by atoms with Gasteiger partial charge < -0.3 is 16.0 Å². The van der Waals surface area contributed by atoms with Gasteiger partial charge in [-0.1, -0.05) is 6.07 Å². The Bertz CT molecular complexity index is 814. The summed E-state index contributed by atoms with van der Waals surface area (Å²) in [5, 5.41) is 8.13. The van der Waals surface area contributed by atoms with Gasteiger partial charge in [0.25, 0.3) is 11.8 Å². The Kier molecular flexibility index (Phi) is 6.49. The number of nitrogens with one attached hydrogen (secondary N) is 3. The van der Waals surface area contributed by atoms with Crippen molar-refractivity contribution in [3.05, 3.63) is 64.7 Å². The Balaban J connectivity index is 1.92. The molecule has 0 aliphatic rings. The van der Waals surface area contributed by atoms with E-state index < -0.39 is 0 Å². The highest BCUT2D eigenvalue weighted by molar-refractivity contribution is 6.04. The van der Waals surface area contributed by atoms with Gasteiger partial charge in [-0.25, -0.2) is 0 Å². The molecule has 26 heavy (non-hydrogen) atoms. The third-order valence-electron chi connectivity index (χ3n) is 3.96. The molecule has 0 radical (unpaired) electrons. The fraction of sp³-hybridized carbons (Fsp3) is 0.250. The molecular formula is C20H23N3O3. The molecule has 6 nitrogen and oxygen atoms in total. The number of benzene rings is 2. The first-order chi connectivity index (χ1) is 12.4. The molecule has 0 spiro atoms. The van der Waals surface area contributed by atoms with E-state index in [9.17, 15) is 14.4 Å². The van der Waals surface area contributed by atoms with Crippen molar-refractivity contribution in [2.45, 2.75) is 20.8 Å². The summed E-state index contributed by atoms with van der Waals surface area (Å²) in [7, 11) is 0. The number of rotatable bonds is 6. The van der Waals surface area contributed by atoms with Crippen LogP contribution in [0.3, 0.4) is 0 Å². The summed E-state index contributed by atoms with van der Waals surface area (Å²) in [6, 6.07) is 12.2. The highest BCUT2D eigenvalue weighted by atomic mass is 16.2. The number of carbonyl (C=O) groups is 3. The zero-order valence-corrected chi connectivity index (χ0v) is 15.2. The molecule has 0 bridgehead atoms. The van der Waals surface area contributed by atoms with Crippen LogP contribution in [0.2, 0.25) is 0 Å². The maximum atomic E-state index is 12.3. The Morgan fingerprint density at radius 2 is 1.38 bits per heavy atom. The Morgan fingerprint density at radius 1 is 0.769 bits per heavy atom. The van der Waals surface area contributed by atoms with Gasteiger partial charge in [-0.2, -0.15) is 0 Å². The minimum absolute atomic E-state index is 0.136. The highest BCUT2D eigenvalue weighted by Crippen LogP contribution is 2.14. The Morgan fingerprint density at radius 3 is 2.00 bits per heavy atom. The van der Waals surface area contributed by atoms with E-state index in [0.29, 0.717) is 29.9 Å². The van der Waals surface area contributed by atoms with Crippen LogP contribution in [0.1, 0.15) is 38.8 Å². The predicted octanol–water partition coefficient (Wildman–Crippen LogP) is 2.42. The molecule has 0 aliphatic heterocycles. The normalized spacial score (nSPS) is 10.1.